The Labute approximate surface area is 164 Å². The first-order valence-corrected chi connectivity index (χ1v) is 8.86. The van der Waals surface area contributed by atoms with Gasteiger partial charge < -0.3 is 9.64 Å². The van der Waals surface area contributed by atoms with Crippen LogP contribution in [-0.4, -0.2) is 49.9 Å². The smallest absolute Gasteiger partial charge is 0.302 e. The van der Waals surface area contributed by atoms with E-state index in [0.717, 1.165) is 16.2 Å². The van der Waals surface area contributed by atoms with E-state index < -0.39 is 17.8 Å². The summed E-state index contributed by atoms with van der Waals surface area (Å²) in [7, 11) is 3.87. The zero-order chi connectivity index (χ0) is 20.8. The molecule has 7 nitrogen and oxygen atoms in total. The Morgan fingerprint density at radius 1 is 1.21 bits per heavy atom. The van der Waals surface area contributed by atoms with E-state index in [9.17, 15) is 19.6 Å². The second kappa shape index (κ2) is 9.00. The van der Waals surface area contributed by atoms with Gasteiger partial charge in [0, 0.05) is 38.8 Å². The Bertz CT molecular complexity index is 889. The van der Waals surface area contributed by atoms with E-state index in [1.165, 1.54) is 6.92 Å². The second-order valence-electron chi connectivity index (χ2n) is 6.61. The average Bonchev–Trinajstić information content (AvgIpc) is 2.65. The molecule has 0 atom stereocenters. The van der Waals surface area contributed by atoms with Crippen molar-refractivity contribution in [1.29, 1.82) is 5.26 Å². The van der Waals surface area contributed by atoms with Gasteiger partial charge in [-0.3, -0.25) is 19.3 Å². The molecule has 0 bridgehead atoms. The van der Waals surface area contributed by atoms with Gasteiger partial charge in [-0.15, -0.1) is 0 Å². The number of anilines is 1. The maximum absolute atomic E-state index is 12.9. The number of hydrogen-bond donors (Lipinski definition) is 0. The van der Waals surface area contributed by atoms with Gasteiger partial charge in [-0.2, -0.15) is 5.26 Å². The Balaban J connectivity index is 2.32. The highest BCUT2D eigenvalue weighted by Crippen LogP contribution is 2.27. The van der Waals surface area contributed by atoms with Crippen LogP contribution in [0.2, 0.25) is 0 Å². The van der Waals surface area contributed by atoms with Crippen LogP contribution >= 0.6 is 0 Å². The zero-order valence-electron chi connectivity index (χ0n) is 16.5. The number of nitriles is 1. The molecular weight excluding hydrogens is 358 g/mol. The fourth-order valence-corrected chi connectivity index (χ4v) is 2.81. The number of amides is 2. The van der Waals surface area contributed by atoms with Crippen LogP contribution in [0.3, 0.4) is 0 Å². The SMILES string of the molecule is CC(=O)OCCCN1C(=O)C(=Cc2ccc(N(C)C)cc2)C(C)=C(C#N)C1=O. The van der Waals surface area contributed by atoms with Crippen molar-refractivity contribution in [2.24, 2.45) is 0 Å². The minimum atomic E-state index is -0.618. The highest BCUT2D eigenvalue weighted by molar-refractivity contribution is 6.19. The van der Waals surface area contributed by atoms with Crippen molar-refractivity contribution in [3.63, 3.8) is 0 Å². The van der Waals surface area contributed by atoms with Crippen molar-refractivity contribution in [2.45, 2.75) is 20.3 Å². The summed E-state index contributed by atoms with van der Waals surface area (Å²) in [5.41, 5.74) is 2.43. The molecule has 146 valence electrons. The number of nitrogens with zero attached hydrogens (tertiary/aromatic N) is 3. The van der Waals surface area contributed by atoms with E-state index in [1.54, 1.807) is 13.0 Å². The van der Waals surface area contributed by atoms with Gasteiger partial charge in [-0.05, 0) is 42.7 Å². The molecule has 0 aliphatic carbocycles. The molecule has 7 heteroatoms. The number of hydrogen-bond acceptors (Lipinski definition) is 6. The third-order valence-corrected chi connectivity index (χ3v) is 4.38. The van der Waals surface area contributed by atoms with E-state index >= 15 is 0 Å². The van der Waals surface area contributed by atoms with Crippen molar-refractivity contribution in [3.8, 4) is 6.07 Å². The normalized spacial score (nSPS) is 15.7. The summed E-state index contributed by atoms with van der Waals surface area (Å²) in [5, 5.41) is 9.39. The Morgan fingerprint density at radius 2 is 1.86 bits per heavy atom. The van der Waals surface area contributed by atoms with Crippen LogP contribution in [0.25, 0.3) is 6.08 Å². The molecule has 0 saturated carbocycles. The largest absolute Gasteiger partial charge is 0.466 e. The first-order valence-electron chi connectivity index (χ1n) is 8.86. The standard InChI is InChI=1S/C21H23N3O4/c1-14-18(12-16-6-8-17(9-7-16)23(3)4)20(26)24(21(27)19(14)13-22)10-5-11-28-15(2)25/h6-9,12H,5,10-11H2,1-4H3. The maximum Gasteiger partial charge on any atom is 0.302 e. The fraction of sp³-hybridized carbons (Fsp3) is 0.333. The first kappa shape index (κ1) is 20.9. The van der Waals surface area contributed by atoms with Crippen molar-refractivity contribution in [2.75, 3.05) is 32.1 Å². The predicted molar refractivity (Wildman–Crippen MR) is 105 cm³/mol. The molecule has 2 rings (SSSR count). The molecule has 0 fully saturated rings. The lowest BCUT2D eigenvalue weighted by Gasteiger charge is -2.27. The Kier molecular flexibility index (Phi) is 6.72. The number of rotatable bonds is 6. The van der Waals surface area contributed by atoms with Gasteiger partial charge in [0.25, 0.3) is 11.8 Å². The molecule has 1 aliphatic rings. The van der Waals surface area contributed by atoms with Crippen LogP contribution in [0.5, 0.6) is 0 Å². The Hall–Kier alpha value is -3.40. The molecule has 1 heterocycles. The van der Waals surface area contributed by atoms with Gasteiger partial charge in [0.1, 0.15) is 11.6 Å². The fourth-order valence-electron chi connectivity index (χ4n) is 2.81. The number of carbonyl (C=O) groups excluding carboxylic acids is 3. The summed E-state index contributed by atoms with van der Waals surface area (Å²) in [6.07, 6.45) is 1.99. The van der Waals surface area contributed by atoms with E-state index in [-0.39, 0.29) is 18.7 Å². The molecule has 0 saturated heterocycles. The Morgan fingerprint density at radius 3 is 2.39 bits per heavy atom. The summed E-state index contributed by atoms with van der Waals surface area (Å²) >= 11 is 0. The summed E-state index contributed by atoms with van der Waals surface area (Å²) < 4.78 is 4.85. The summed E-state index contributed by atoms with van der Waals surface area (Å²) in [6, 6.07) is 9.49. The zero-order valence-corrected chi connectivity index (χ0v) is 16.5. The number of benzene rings is 1. The van der Waals surface area contributed by atoms with Crippen LogP contribution in [0.1, 0.15) is 25.8 Å². The van der Waals surface area contributed by atoms with E-state index in [4.69, 9.17) is 4.74 Å². The van der Waals surface area contributed by atoms with E-state index in [0.29, 0.717) is 17.6 Å². The average molecular weight is 381 g/mol. The topological polar surface area (TPSA) is 90.7 Å². The van der Waals surface area contributed by atoms with Gasteiger partial charge in [0.05, 0.1) is 6.61 Å². The predicted octanol–water partition coefficient (Wildman–Crippen LogP) is 2.30. The van der Waals surface area contributed by atoms with Crippen LogP contribution in [-0.2, 0) is 19.1 Å². The molecule has 0 aromatic heterocycles. The molecule has 1 aromatic rings. The second-order valence-corrected chi connectivity index (χ2v) is 6.61. The van der Waals surface area contributed by atoms with Gasteiger partial charge in [-0.1, -0.05) is 12.1 Å². The van der Waals surface area contributed by atoms with Crippen LogP contribution < -0.4 is 4.90 Å². The molecule has 2 amide bonds. The molecule has 1 aromatic carbocycles. The highest BCUT2D eigenvalue weighted by Gasteiger charge is 2.35. The van der Waals surface area contributed by atoms with Crippen molar-refractivity contribution in [3.05, 3.63) is 46.5 Å². The quantitative estimate of drug-likeness (QED) is 0.325. The summed E-state index contributed by atoms with van der Waals surface area (Å²) in [4.78, 5) is 39.3. The van der Waals surface area contributed by atoms with Gasteiger partial charge in [0.15, 0.2) is 0 Å². The molecular formula is C21H23N3O4. The summed E-state index contributed by atoms with van der Waals surface area (Å²) in [6.45, 7) is 3.06. The molecule has 28 heavy (non-hydrogen) atoms. The molecule has 1 aliphatic heterocycles. The van der Waals surface area contributed by atoms with Crippen molar-refractivity contribution < 1.29 is 19.1 Å². The third kappa shape index (κ3) is 4.65. The van der Waals surface area contributed by atoms with Gasteiger partial charge in [0.2, 0.25) is 0 Å². The lowest BCUT2D eigenvalue weighted by Crippen LogP contribution is -2.43. The number of esters is 1. The van der Waals surface area contributed by atoms with E-state index in [1.807, 2.05) is 49.3 Å². The molecule has 0 N–H and O–H groups in total. The monoisotopic (exact) mass is 381 g/mol. The first-order chi connectivity index (χ1) is 13.3. The van der Waals surface area contributed by atoms with E-state index in [2.05, 4.69) is 0 Å². The van der Waals surface area contributed by atoms with Gasteiger partial charge >= 0.3 is 5.97 Å². The number of ether oxygens (including phenoxy) is 1. The number of carbonyl (C=O) groups is 3. The number of imide groups is 1. The summed E-state index contributed by atoms with van der Waals surface area (Å²) in [5.74, 6) is -1.50. The lowest BCUT2D eigenvalue weighted by atomic mass is 9.93. The molecule has 0 radical (unpaired) electrons. The maximum atomic E-state index is 12.9. The van der Waals surface area contributed by atoms with Crippen LogP contribution in [0.4, 0.5) is 5.69 Å². The van der Waals surface area contributed by atoms with Gasteiger partial charge in [-0.25, -0.2) is 0 Å². The van der Waals surface area contributed by atoms with Crippen LogP contribution in [0, 0.1) is 11.3 Å². The molecule has 0 unspecified atom stereocenters. The minimum absolute atomic E-state index is 0.0525. The van der Waals surface area contributed by atoms with Crippen molar-refractivity contribution in [1.82, 2.24) is 4.90 Å². The van der Waals surface area contributed by atoms with Crippen molar-refractivity contribution >= 4 is 29.5 Å². The lowest BCUT2D eigenvalue weighted by molar-refractivity contribution is -0.141. The molecule has 0 spiro atoms. The minimum Gasteiger partial charge on any atom is -0.466 e. The highest BCUT2D eigenvalue weighted by atomic mass is 16.5. The third-order valence-electron chi connectivity index (χ3n) is 4.38. The van der Waals surface area contributed by atoms with Crippen LogP contribution in [0.15, 0.2) is 41.0 Å².